The lowest BCUT2D eigenvalue weighted by atomic mass is 9.85. The molecule has 9 aromatic rings. The van der Waals surface area contributed by atoms with E-state index in [1.54, 1.807) is 0 Å². The van der Waals surface area contributed by atoms with E-state index in [0.717, 1.165) is 34.7 Å². The van der Waals surface area contributed by atoms with Gasteiger partial charge in [-0.15, -0.1) is 0 Å². The van der Waals surface area contributed by atoms with Crippen molar-refractivity contribution in [2.24, 2.45) is 0 Å². The average Bonchev–Trinajstić information content (AvgIpc) is 3.55. The summed E-state index contributed by atoms with van der Waals surface area (Å²) in [5, 5.41) is 9.63. The Kier molecular flexibility index (Phi) is 6.88. The molecule has 51 heavy (non-hydrogen) atoms. The van der Waals surface area contributed by atoms with Crippen molar-refractivity contribution in [3.63, 3.8) is 0 Å². The molecule has 240 valence electrons. The van der Waals surface area contributed by atoms with Crippen LogP contribution < -0.4 is 5.32 Å². The molecular weight excluding hydrogens is 619 g/mol. The largest absolute Gasteiger partial charge is 0.387 e. The number of hydrogen-bond donors (Lipinski definition) is 1. The lowest BCUT2D eigenvalue weighted by Gasteiger charge is -2.18. The maximum atomic E-state index is 5.30. The molecule has 0 amide bonds. The van der Waals surface area contributed by atoms with Gasteiger partial charge < -0.3 is 9.88 Å². The Hall–Kier alpha value is -6.71. The Bertz CT molecular complexity index is 2790. The van der Waals surface area contributed by atoms with Gasteiger partial charge in [0, 0.05) is 34.3 Å². The predicted octanol–water partition coefficient (Wildman–Crippen LogP) is 12.1. The van der Waals surface area contributed by atoms with Gasteiger partial charge in [0.2, 0.25) is 0 Å². The summed E-state index contributed by atoms with van der Waals surface area (Å²) in [5.74, 6) is 0. The molecule has 1 aliphatic rings. The number of benzene rings is 7. The van der Waals surface area contributed by atoms with Gasteiger partial charge in [-0.05, 0) is 92.5 Å². The Morgan fingerprint density at radius 1 is 0.451 bits per heavy atom. The second-order valence-corrected chi connectivity index (χ2v) is 13.2. The molecule has 1 N–H and O–H groups in total. The van der Waals surface area contributed by atoms with Crippen LogP contribution in [0, 0.1) is 0 Å². The molecule has 3 nitrogen and oxygen atoms in total. The van der Waals surface area contributed by atoms with Crippen molar-refractivity contribution in [2.75, 3.05) is 0 Å². The van der Waals surface area contributed by atoms with E-state index in [-0.39, 0.29) is 0 Å². The second kappa shape index (κ2) is 12.0. The van der Waals surface area contributed by atoms with Crippen molar-refractivity contribution in [3.8, 4) is 50.5 Å². The maximum absolute atomic E-state index is 5.30. The van der Waals surface area contributed by atoms with Crippen LogP contribution in [-0.2, 0) is 6.54 Å². The Morgan fingerprint density at radius 3 is 1.75 bits per heavy atom. The molecule has 0 aliphatic carbocycles. The molecule has 0 bridgehead atoms. The predicted molar refractivity (Wildman–Crippen MR) is 214 cm³/mol. The number of rotatable bonds is 5. The lowest BCUT2D eigenvalue weighted by molar-refractivity contribution is 0.855. The highest BCUT2D eigenvalue weighted by atomic mass is 15.0. The number of aromatic nitrogens is 2. The quantitative estimate of drug-likeness (QED) is 0.188. The van der Waals surface area contributed by atoms with Gasteiger partial charge in [-0.25, -0.2) is 4.98 Å². The van der Waals surface area contributed by atoms with Crippen LogP contribution in [0.3, 0.4) is 0 Å². The van der Waals surface area contributed by atoms with Crippen LogP contribution >= 0.6 is 0 Å². The number of pyridine rings is 1. The van der Waals surface area contributed by atoms with Crippen LogP contribution in [0.1, 0.15) is 11.3 Å². The highest BCUT2D eigenvalue weighted by Gasteiger charge is 2.20. The van der Waals surface area contributed by atoms with Gasteiger partial charge in [-0.1, -0.05) is 133 Å². The Morgan fingerprint density at radius 2 is 1.02 bits per heavy atom. The van der Waals surface area contributed by atoms with Gasteiger partial charge in [0.25, 0.3) is 0 Å². The minimum Gasteiger partial charge on any atom is -0.387 e. The first-order valence-corrected chi connectivity index (χ1v) is 17.5. The van der Waals surface area contributed by atoms with Crippen LogP contribution in [0.2, 0.25) is 0 Å². The number of nitrogens with one attached hydrogen (secondary N) is 1. The van der Waals surface area contributed by atoms with E-state index in [1.165, 1.54) is 66.0 Å². The van der Waals surface area contributed by atoms with E-state index in [0.29, 0.717) is 0 Å². The standard InChI is InChI=1S/C48H33N3/c1-3-13-32(14-4-1)47-38-20-7-8-21-39(38)48(33-15-5-2-6-16-33)41-30-35(25-26-40(41)47)44-23-12-22-43(50-44)34-17-11-18-36(29-34)51-45-24-10-9-19-37(45)42-31-49-28-27-46(42)51/h1-30,49H,31H2. The van der Waals surface area contributed by atoms with E-state index in [9.17, 15) is 0 Å². The topological polar surface area (TPSA) is 29.9 Å². The third kappa shape index (κ3) is 4.86. The maximum Gasteiger partial charge on any atom is 0.0710 e. The van der Waals surface area contributed by atoms with Crippen molar-refractivity contribution in [2.45, 2.75) is 6.54 Å². The summed E-state index contributed by atoms with van der Waals surface area (Å²) < 4.78 is 2.37. The fourth-order valence-electron chi connectivity index (χ4n) is 7.99. The van der Waals surface area contributed by atoms with Gasteiger partial charge in [0.1, 0.15) is 0 Å². The summed E-state index contributed by atoms with van der Waals surface area (Å²) in [6.45, 7) is 0.822. The number of para-hydroxylation sites is 1. The fraction of sp³-hybridized carbons (Fsp3) is 0.0208. The van der Waals surface area contributed by atoms with Crippen molar-refractivity contribution in [1.82, 2.24) is 14.9 Å². The molecule has 7 aromatic carbocycles. The minimum atomic E-state index is 0.822. The number of fused-ring (bicyclic) bond motifs is 5. The molecule has 0 unspecified atom stereocenters. The summed E-state index contributed by atoms with van der Waals surface area (Å²) in [7, 11) is 0. The van der Waals surface area contributed by atoms with E-state index in [1.807, 2.05) is 6.20 Å². The minimum absolute atomic E-state index is 0.822. The first kappa shape index (κ1) is 29.2. The van der Waals surface area contributed by atoms with Gasteiger partial charge in [-0.3, -0.25) is 0 Å². The SMILES string of the molecule is C1=Cc2c(c3ccccc3n2-c2cccc(-c3cccc(-c4ccc5c(-c6ccccc6)c6ccccc6c(-c6ccccc6)c5c4)n3)c2)CN1. The zero-order chi connectivity index (χ0) is 33.7. The zero-order valence-corrected chi connectivity index (χ0v) is 27.9. The third-order valence-corrected chi connectivity index (χ3v) is 10.3. The van der Waals surface area contributed by atoms with Gasteiger partial charge in [0.15, 0.2) is 0 Å². The third-order valence-electron chi connectivity index (χ3n) is 10.3. The smallest absolute Gasteiger partial charge is 0.0710 e. The van der Waals surface area contributed by atoms with Gasteiger partial charge >= 0.3 is 0 Å². The van der Waals surface area contributed by atoms with Crippen LogP contribution in [0.5, 0.6) is 0 Å². The molecule has 0 atom stereocenters. The molecule has 0 spiro atoms. The highest BCUT2D eigenvalue weighted by Crippen LogP contribution is 2.44. The van der Waals surface area contributed by atoms with Crippen LogP contribution in [0.15, 0.2) is 176 Å². The highest BCUT2D eigenvalue weighted by molar-refractivity contribution is 6.21. The summed E-state index contributed by atoms with van der Waals surface area (Å²) >= 11 is 0. The molecule has 3 heterocycles. The molecule has 1 aliphatic heterocycles. The Labute approximate surface area is 296 Å². The lowest BCUT2D eigenvalue weighted by Crippen LogP contribution is -2.10. The van der Waals surface area contributed by atoms with E-state index >= 15 is 0 Å². The first-order chi connectivity index (χ1) is 25.3. The van der Waals surface area contributed by atoms with Gasteiger partial charge in [-0.2, -0.15) is 0 Å². The second-order valence-electron chi connectivity index (χ2n) is 13.2. The molecule has 0 saturated heterocycles. The van der Waals surface area contributed by atoms with Crippen LogP contribution in [0.4, 0.5) is 0 Å². The average molecular weight is 652 g/mol. The van der Waals surface area contributed by atoms with E-state index < -0.39 is 0 Å². The normalized spacial score (nSPS) is 12.3. The molecule has 0 saturated carbocycles. The van der Waals surface area contributed by atoms with E-state index in [4.69, 9.17) is 4.98 Å². The zero-order valence-electron chi connectivity index (χ0n) is 27.9. The summed E-state index contributed by atoms with van der Waals surface area (Å²) in [6.07, 6.45) is 4.23. The fourth-order valence-corrected chi connectivity index (χ4v) is 7.99. The molecular formula is C48H33N3. The van der Waals surface area contributed by atoms with Crippen LogP contribution in [-0.4, -0.2) is 9.55 Å². The molecule has 2 aromatic heterocycles. The van der Waals surface area contributed by atoms with Gasteiger partial charge in [0.05, 0.1) is 22.6 Å². The summed E-state index contributed by atoms with van der Waals surface area (Å²) in [5.41, 5.74) is 13.9. The van der Waals surface area contributed by atoms with Crippen molar-refractivity contribution in [3.05, 3.63) is 187 Å². The van der Waals surface area contributed by atoms with Crippen LogP contribution in [0.25, 0.3) is 89.0 Å². The molecule has 3 heteroatoms. The number of hydrogen-bond acceptors (Lipinski definition) is 2. The molecule has 0 radical (unpaired) electrons. The monoisotopic (exact) mass is 651 g/mol. The van der Waals surface area contributed by atoms with Crippen molar-refractivity contribution >= 4 is 38.5 Å². The molecule has 0 fully saturated rings. The van der Waals surface area contributed by atoms with E-state index in [2.05, 4.69) is 186 Å². The Balaban J connectivity index is 1.14. The summed E-state index contributed by atoms with van der Waals surface area (Å²) in [6, 6.07) is 61.1. The number of nitrogens with zero attached hydrogens (tertiary/aromatic N) is 2. The van der Waals surface area contributed by atoms with Crippen molar-refractivity contribution < 1.29 is 0 Å². The molecule has 10 rings (SSSR count). The first-order valence-electron chi connectivity index (χ1n) is 17.5. The van der Waals surface area contributed by atoms with Crippen molar-refractivity contribution in [1.29, 1.82) is 0 Å². The summed E-state index contributed by atoms with van der Waals surface area (Å²) in [4.78, 5) is 5.30.